The minimum Gasteiger partial charge on any atom is -0.495 e. The Hall–Kier alpha value is -2.71. The minimum atomic E-state index is -0.610. The zero-order valence-corrected chi connectivity index (χ0v) is 24.2. The molecule has 1 aliphatic rings. The number of hydrazone groups is 1. The van der Waals surface area contributed by atoms with E-state index in [1.807, 2.05) is 18.2 Å². The van der Waals surface area contributed by atoms with Gasteiger partial charge in [0.15, 0.2) is 11.7 Å². The number of rotatable bonds is 9. The van der Waals surface area contributed by atoms with Crippen LogP contribution in [0.25, 0.3) is 0 Å². The normalized spacial score (nSPS) is 15.2. The van der Waals surface area contributed by atoms with Crippen LogP contribution in [0, 0.1) is 3.57 Å². The van der Waals surface area contributed by atoms with Gasteiger partial charge in [0.05, 0.1) is 35.1 Å². The summed E-state index contributed by atoms with van der Waals surface area (Å²) < 4.78 is 18.2. The van der Waals surface area contributed by atoms with E-state index >= 15 is 0 Å². The molecule has 2 aromatic carbocycles. The molecule has 0 saturated heterocycles. The Kier molecular flexibility index (Phi) is 10.1. The molecule has 0 saturated carbocycles. The number of thiocarbonyl (C=S) groups is 1. The summed E-state index contributed by atoms with van der Waals surface area (Å²) >= 11 is 10.9. The quantitative estimate of drug-likeness (QED) is 0.120. The number of hydrogen-bond acceptors (Lipinski definition) is 7. The van der Waals surface area contributed by atoms with Gasteiger partial charge >= 0.3 is 5.97 Å². The van der Waals surface area contributed by atoms with E-state index in [4.69, 9.17) is 26.4 Å². The summed E-state index contributed by atoms with van der Waals surface area (Å²) in [7, 11) is 1.57. The zero-order valence-electron chi connectivity index (χ0n) is 19.7. The van der Waals surface area contributed by atoms with Gasteiger partial charge in [-0.2, -0.15) is 5.10 Å². The molecule has 3 rings (SSSR count). The number of allylic oxidation sites excluding steroid dienone is 1. The Balaban J connectivity index is 1.73. The Morgan fingerprint density at radius 3 is 2.78 bits per heavy atom. The third kappa shape index (κ3) is 6.95. The largest absolute Gasteiger partial charge is 0.495 e. The summed E-state index contributed by atoms with van der Waals surface area (Å²) in [6, 6.07) is 10.2. The van der Waals surface area contributed by atoms with Gasteiger partial charge in [0.25, 0.3) is 5.91 Å². The lowest BCUT2D eigenvalue weighted by Crippen LogP contribution is -2.45. The molecule has 36 heavy (non-hydrogen) atoms. The second-order valence-corrected chi connectivity index (χ2v) is 9.91. The van der Waals surface area contributed by atoms with Crippen molar-refractivity contribution in [3.05, 3.63) is 66.8 Å². The highest BCUT2D eigenvalue weighted by atomic mass is 127. The van der Waals surface area contributed by atoms with E-state index in [1.165, 1.54) is 6.21 Å². The first-order valence-corrected chi connectivity index (χ1v) is 13.0. The van der Waals surface area contributed by atoms with Crippen LogP contribution in [0.2, 0.25) is 0 Å². The first kappa shape index (κ1) is 27.9. The second-order valence-electron chi connectivity index (χ2n) is 7.42. The Morgan fingerprint density at radius 2 is 2.06 bits per heavy atom. The van der Waals surface area contributed by atoms with Gasteiger partial charge in [0, 0.05) is 21.3 Å². The third-order valence-corrected chi connectivity index (χ3v) is 6.47. The van der Waals surface area contributed by atoms with Crippen LogP contribution in [0.15, 0.2) is 57.2 Å². The van der Waals surface area contributed by atoms with Gasteiger partial charge in [-0.1, -0.05) is 34.1 Å². The first-order valence-electron chi connectivity index (χ1n) is 10.8. The van der Waals surface area contributed by atoms with Crippen molar-refractivity contribution in [3.63, 3.8) is 0 Å². The summed E-state index contributed by atoms with van der Waals surface area (Å²) in [5.41, 5.74) is 4.75. The average molecular weight is 687 g/mol. The molecular formula is C24H24BrIN4O5S. The van der Waals surface area contributed by atoms with E-state index in [2.05, 4.69) is 59.7 Å². The number of esters is 1. The number of hydrogen-bond donors (Lipinski definition) is 3. The number of methoxy groups -OCH3 is 1. The van der Waals surface area contributed by atoms with Crippen molar-refractivity contribution in [3.8, 4) is 11.5 Å². The maximum absolute atomic E-state index is 12.7. The molecule has 1 amide bonds. The Bertz CT molecular complexity index is 1240. The summed E-state index contributed by atoms with van der Waals surface area (Å²) in [6.07, 6.45) is 1.50. The van der Waals surface area contributed by atoms with Gasteiger partial charge < -0.3 is 24.8 Å². The third-order valence-electron chi connectivity index (χ3n) is 4.99. The average Bonchev–Trinajstić information content (AvgIpc) is 2.82. The molecule has 9 nitrogen and oxygen atoms in total. The molecule has 1 atom stereocenters. The van der Waals surface area contributed by atoms with E-state index < -0.39 is 17.9 Å². The molecule has 0 spiro atoms. The number of nitrogens with one attached hydrogen (secondary N) is 3. The van der Waals surface area contributed by atoms with E-state index in [9.17, 15) is 9.59 Å². The number of ether oxygens (including phenoxy) is 3. The van der Waals surface area contributed by atoms with E-state index in [0.29, 0.717) is 39.0 Å². The highest BCUT2D eigenvalue weighted by Crippen LogP contribution is 2.33. The molecular weight excluding hydrogens is 663 g/mol. The predicted molar refractivity (Wildman–Crippen MR) is 152 cm³/mol. The van der Waals surface area contributed by atoms with Crippen LogP contribution in [0.4, 0.5) is 0 Å². The van der Waals surface area contributed by atoms with Crippen molar-refractivity contribution in [2.75, 3.05) is 20.3 Å². The van der Waals surface area contributed by atoms with Gasteiger partial charge in [-0.25, -0.2) is 10.2 Å². The smallest absolute Gasteiger partial charge is 0.338 e. The van der Waals surface area contributed by atoms with Crippen molar-refractivity contribution in [1.82, 2.24) is 16.1 Å². The molecule has 0 unspecified atom stereocenters. The number of carbonyl (C=O) groups is 2. The van der Waals surface area contributed by atoms with E-state index in [1.54, 1.807) is 39.2 Å². The lowest BCUT2D eigenvalue weighted by molar-refractivity contribution is -0.139. The van der Waals surface area contributed by atoms with Gasteiger partial charge in [0.1, 0.15) is 11.5 Å². The Labute approximate surface area is 236 Å². The summed E-state index contributed by atoms with van der Waals surface area (Å²) in [6.45, 7) is 3.43. The molecule has 12 heteroatoms. The molecule has 0 radical (unpaired) electrons. The maximum Gasteiger partial charge on any atom is 0.338 e. The highest BCUT2D eigenvalue weighted by Gasteiger charge is 2.32. The van der Waals surface area contributed by atoms with Gasteiger partial charge in [0.2, 0.25) is 0 Å². The van der Waals surface area contributed by atoms with E-state index in [-0.39, 0.29) is 13.2 Å². The minimum absolute atomic E-state index is 0.233. The topological polar surface area (TPSA) is 110 Å². The van der Waals surface area contributed by atoms with Gasteiger partial charge in [-0.05, 0) is 66.9 Å². The number of carbonyl (C=O) groups excluding carboxylic acids is 2. The van der Waals surface area contributed by atoms with Crippen LogP contribution >= 0.6 is 50.7 Å². The van der Waals surface area contributed by atoms with Gasteiger partial charge in [-0.15, -0.1) is 0 Å². The molecule has 0 bridgehead atoms. The van der Waals surface area contributed by atoms with Crippen LogP contribution in [0.3, 0.4) is 0 Å². The van der Waals surface area contributed by atoms with Crippen LogP contribution in [0.5, 0.6) is 11.5 Å². The summed E-state index contributed by atoms with van der Waals surface area (Å²) in [5, 5.41) is 10.4. The fourth-order valence-electron chi connectivity index (χ4n) is 3.50. The number of amides is 1. The fraction of sp³-hybridized carbons (Fsp3) is 0.250. The summed E-state index contributed by atoms with van der Waals surface area (Å²) in [4.78, 5) is 25.1. The van der Waals surface area contributed by atoms with Crippen molar-refractivity contribution in [2.24, 2.45) is 5.10 Å². The lowest BCUT2D eigenvalue weighted by atomic mass is 9.95. The molecule has 1 aliphatic heterocycles. The van der Waals surface area contributed by atoms with E-state index in [0.717, 1.165) is 8.04 Å². The molecule has 190 valence electrons. The molecule has 0 aliphatic carbocycles. The first-order chi connectivity index (χ1) is 17.2. The second kappa shape index (κ2) is 13.0. The van der Waals surface area contributed by atoms with Crippen LogP contribution < -0.4 is 25.5 Å². The van der Waals surface area contributed by atoms with Crippen molar-refractivity contribution >= 4 is 73.9 Å². The molecule has 3 N–H and O–H groups in total. The number of para-hydroxylation sites is 1. The zero-order chi connectivity index (χ0) is 26.2. The van der Waals surface area contributed by atoms with Gasteiger partial charge in [-0.3, -0.25) is 4.79 Å². The fourth-order valence-corrected chi connectivity index (χ4v) is 5.54. The van der Waals surface area contributed by atoms with Crippen molar-refractivity contribution in [2.45, 2.75) is 19.9 Å². The SMILES string of the molecule is CCOC(=O)C1=C(C)NC(=S)N[C@H]1c1ccccc1OCC(=O)NN=Cc1cc(Br)cc(I)c1OC. The predicted octanol–water partition coefficient (Wildman–Crippen LogP) is 3.95. The van der Waals surface area contributed by atoms with Crippen molar-refractivity contribution < 1.29 is 23.8 Å². The molecule has 2 aromatic rings. The van der Waals surface area contributed by atoms with Crippen LogP contribution in [0.1, 0.15) is 31.0 Å². The Morgan fingerprint density at radius 1 is 1.31 bits per heavy atom. The standard InChI is InChI=1S/C24H24BrIN4O5S/c1-4-34-23(32)20-13(2)28-24(36)29-21(20)16-7-5-6-8-18(16)35-12-19(31)30-27-11-14-9-15(25)10-17(26)22(14)33-3/h5-11,21H,4,12H2,1-3H3,(H,30,31)(H2,28,29,36)/t21-/m0/s1. The maximum atomic E-state index is 12.7. The number of halogens is 2. The number of benzene rings is 2. The lowest BCUT2D eigenvalue weighted by Gasteiger charge is -2.30. The summed E-state index contributed by atoms with van der Waals surface area (Å²) in [5.74, 6) is 0.129. The van der Waals surface area contributed by atoms with Crippen LogP contribution in [-0.2, 0) is 14.3 Å². The monoisotopic (exact) mass is 686 g/mol. The van der Waals surface area contributed by atoms with Crippen molar-refractivity contribution in [1.29, 1.82) is 0 Å². The molecule has 1 heterocycles. The molecule has 0 fully saturated rings. The highest BCUT2D eigenvalue weighted by molar-refractivity contribution is 14.1. The van der Waals surface area contributed by atoms with Crippen LogP contribution in [-0.4, -0.2) is 43.5 Å². The molecule has 0 aromatic heterocycles. The number of nitrogens with zero attached hydrogens (tertiary/aromatic N) is 1.